The third-order valence-corrected chi connectivity index (χ3v) is 3.15. The van der Waals surface area contributed by atoms with Crippen molar-refractivity contribution in [1.82, 2.24) is 4.57 Å². The summed E-state index contributed by atoms with van der Waals surface area (Å²) >= 11 is 0. The van der Waals surface area contributed by atoms with Crippen molar-refractivity contribution < 1.29 is 4.79 Å². The molecule has 0 saturated heterocycles. The number of nitriles is 1. The molecule has 3 nitrogen and oxygen atoms in total. The van der Waals surface area contributed by atoms with Gasteiger partial charge in [0.1, 0.15) is 5.78 Å². The molecule has 0 fully saturated rings. The van der Waals surface area contributed by atoms with E-state index >= 15 is 0 Å². The second kappa shape index (κ2) is 5.50. The minimum Gasteiger partial charge on any atom is -0.347 e. The maximum atomic E-state index is 11.3. The van der Waals surface area contributed by atoms with Gasteiger partial charge in [-0.05, 0) is 30.0 Å². The summed E-state index contributed by atoms with van der Waals surface area (Å²) in [5, 5.41) is 10.0. The van der Waals surface area contributed by atoms with Gasteiger partial charge in [-0.3, -0.25) is 4.79 Å². The molecule has 18 heavy (non-hydrogen) atoms. The van der Waals surface area contributed by atoms with Crippen LogP contribution in [-0.4, -0.2) is 10.4 Å². The van der Waals surface area contributed by atoms with Crippen LogP contribution in [0.15, 0.2) is 30.5 Å². The zero-order valence-corrected chi connectivity index (χ0v) is 10.5. The van der Waals surface area contributed by atoms with Crippen LogP contribution in [0.1, 0.15) is 31.7 Å². The SMILES string of the molecule is CCC(=O)CCCn1ccc2ccc(C#N)cc21. The number of rotatable bonds is 5. The highest BCUT2D eigenvalue weighted by molar-refractivity contribution is 5.81. The van der Waals surface area contributed by atoms with Gasteiger partial charge in [-0.1, -0.05) is 13.0 Å². The zero-order valence-electron chi connectivity index (χ0n) is 10.5. The summed E-state index contributed by atoms with van der Waals surface area (Å²) in [6.45, 7) is 2.72. The van der Waals surface area contributed by atoms with Crippen LogP contribution in [0.4, 0.5) is 0 Å². The van der Waals surface area contributed by atoms with Crippen molar-refractivity contribution in [2.45, 2.75) is 32.7 Å². The van der Waals surface area contributed by atoms with Crippen LogP contribution in [0, 0.1) is 11.3 Å². The largest absolute Gasteiger partial charge is 0.347 e. The van der Waals surface area contributed by atoms with Gasteiger partial charge < -0.3 is 4.57 Å². The summed E-state index contributed by atoms with van der Waals surface area (Å²) in [6, 6.07) is 9.88. The Kier molecular flexibility index (Phi) is 3.78. The van der Waals surface area contributed by atoms with Crippen LogP contribution >= 0.6 is 0 Å². The molecule has 1 aromatic carbocycles. The zero-order chi connectivity index (χ0) is 13.0. The van der Waals surface area contributed by atoms with E-state index in [9.17, 15) is 4.79 Å². The topological polar surface area (TPSA) is 45.8 Å². The molecule has 2 rings (SSSR count). The average molecular weight is 240 g/mol. The quantitative estimate of drug-likeness (QED) is 0.805. The lowest BCUT2D eigenvalue weighted by Gasteiger charge is -2.05. The van der Waals surface area contributed by atoms with Crippen molar-refractivity contribution in [3.8, 4) is 6.07 Å². The number of Topliss-reactive ketones (excluding diaryl/α,β-unsaturated/α-hetero) is 1. The van der Waals surface area contributed by atoms with Crippen LogP contribution in [0.25, 0.3) is 10.9 Å². The molecule has 0 aliphatic rings. The van der Waals surface area contributed by atoms with Gasteiger partial charge in [-0.15, -0.1) is 0 Å². The van der Waals surface area contributed by atoms with Gasteiger partial charge in [-0.2, -0.15) is 5.26 Å². The number of carbonyl (C=O) groups excluding carboxylic acids is 1. The van der Waals surface area contributed by atoms with E-state index in [0.717, 1.165) is 23.9 Å². The molecule has 0 amide bonds. The molecule has 2 aromatic rings. The number of hydrogen-bond acceptors (Lipinski definition) is 2. The summed E-state index contributed by atoms with van der Waals surface area (Å²) in [4.78, 5) is 11.3. The predicted molar refractivity (Wildman–Crippen MR) is 71.2 cm³/mol. The lowest BCUT2D eigenvalue weighted by molar-refractivity contribution is -0.118. The maximum absolute atomic E-state index is 11.3. The summed E-state index contributed by atoms with van der Waals surface area (Å²) in [7, 11) is 0. The summed E-state index contributed by atoms with van der Waals surface area (Å²) in [5.41, 5.74) is 1.74. The Morgan fingerprint density at radius 2 is 2.22 bits per heavy atom. The molecule has 0 aliphatic carbocycles. The molecule has 0 saturated carbocycles. The van der Waals surface area contributed by atoms with Crippen molar-refractivity contribution in [2.75, 3.05) is 0 Å². The minimum atomic E-state index is 0.309. The van der Waals surface area contributed by atoms with E-state index in [1.165, 1.54) is 0 Å². The van der Waals surface area contributed by atoms with Crippen LogP contribution in [0.5, 0.6) is 0 Å². The van der Waals surface area contributed by atoms with Gasteiger partial charge in [0, 0.05) is 31.1 Å². The van der Waals surface area contributed by atoms with Crippen molar-refractivity contribution >= 4 is 16.7 Å². The fourth-order valence-electron chi connectivity index (χ4n) is 2.07. The smallest absolute Gasteiger partial charge is 0.132 e. The molecular formula is C15H16N2O. The number of nitrogens with zero attached hydrogens (tertiary/aromatic N) is 2. The second-order valence-electron chi connectivity index (χ2n) is 4.39. The standard InChI is InChI=1S/C15H16N2O/c1-2-14(18)4-3-8-17-9-7-13-6-5-12(11-16)10-15(13)17/h5-7,9-10H,2-4,8H2,1H3. The molecule has 0 unspecified atom stereocenters. The van der Waals surface area contributed by atoms with Gasteiger partial charge in [0.2, 0.25) is 0 Å². The Bertz CT molecular complexity index is 604. The molecule has 92 valence electrons. The minimum absolute atomic E-state index is 0.309. The Morgan fingerprint density at radius 3 is 2.94 bits per heavy atom. The predicted octanol–water partition coefficient (Wildman–Crippen LogP) is 3.27. The number of aryl methyl sites for hydroxylation is 1. The fraction of sp³-hybridized carbons (Fsp3) is 0.333. The molecule has 0 atom stereocenters. The van der Waals surface area contributed by atoms with E-state index in [2.05, 4.69) is 10.6 Å². The van der Waals surface area contributed by atoms with Crippen LogP contribution in [-0.2, 0) is 11.3 Å². The molecule has 0 N–H and O–H groups in total. The van der Waals surface area contributed by atoms with E-state index in [-0.39, 0.29) is 0 Å². The number of carbonyl (C=O) groups is 1. The Balaban J connectivity index is 2.13. The van der Waals surface area contributed by atoms with Crippen LogP contribution in [0.2, 0.25) is 0 Å². The highest BCUT2D eigenvalue weighted by atomic mass is 16.1. The molecule has 0 spiro atoms. The van der Waals surface area contributed by atoms with Crippen LogP contribution in [0.3, 0.4) is 0 Å². The molecule has 3 heteroatoms. The normalized spacial score (nSPS) is 10.4. The van der Waals surface area contributed by atoms with Crippen molar-refractivity contribution in [3.05, 3.63) is 36.0 Å². The Labute approximate surface area is 107 Å². The molecule has 1 heterocycles. The monoisotopic (exact) mass is 240 g/mol. The number of aromatic nitrogens is 1. The van der Waals surface area contributed by atoms with E-state index in [0.29, 0.717) is 24.2 Å². The van der Waals surface area contributed by atoms with E-state index < -0.39 is 0 Å². The second-order valence-corrected chi connectivity index (χ2v) is 4.39. The number of fused-ring (bicyclic) bond motifs is 1. The van der Waals surface area contributed by atoms with Crippen LogP contribution < -0.4 is 0 Å². The van der Waals surface area contributed by atoms with Gasteiger partial charge in [0.15, 0.2) is 0 Å². The summed E-state index contributed by atoms with van der Waals surface area (Å²) in [6.07, 6.45) is 4.12. The lowest BCUT2D eigenvalue weighted by atomic mass is 10.1. The summed E-state index contributed by atoms with van der Waals surface area (Å²) < 4.78 is 2.11. The first-order valence-electron chi connectivity index (χ1n) is 6.25. The first-order chi connectivity index (χ1) is 8.74. The Hall–Kier alpha value is -2.08. The first kappa shape index (κ1) is 12.4. The molecular weight excluding hydrogens is 224 g/mol. The fourth-order valence-corrected chi connectivity index (χ4v) is 2.07. The number of hydrogen-bond donors (Lipinski definition) is 0. The maximum Gasteiger partial charge on any atom is 0.132 e. The molecule has 1 aromatic heterocycles. The van der Waals surface area contributed by atoms with E-state index in [1.807, 2.05) is 37.4 Å². The highest BCUT2D eigenvalue weighted by Gasteiger charge is 2.03. The van der Waals surface area contributed by atoms with Crippen molar-refractivity contribution in [3.63, 3.8) is 0 Å². The number of ketones is 1. The molecule has 0 bridgehead atoms. The molecule has 0 aliphatic heterocycles. The lowest BCUT2D eigenvalue weighted by Crippen LogP contribution is -2.01. The number of benzene rings is 1. The highest BCUT2D eigenvalue weighted by Crippen LogP contribution is 2.18. The molecule has 0 radical (unpaired) electrons. The third kappa shape index (κ3) is 2.60. The summed E-state index contributed by atoms with van der Waals surface area (Å²) in [5.74, 6) is 0.309. The third-order valence-electron chi connectivity index (χ3n) is 3.15. The average Bonchev–Trinajstić information content (AvgIpc) is 2.81. The van der Waals surface area contributed by atoms with Gasteiger partial charge in [0.05, 0.1) is 11.6 Å². The van der Waals surface area contributed by atoms with Crippen molar-refractivity contribution in [2.24, 2.45) is 0 Å². The van der Waals surface area contributed by atoms with Gasteiger partial charge in [0.25, 0.3) is 0 Å². The van der Waals surface area contributed by atoms with E-state index in [1.54, 1.807) is 0 Å². The Morgan fingerprint density at radius 1 is 1.39 bits per heavy atom. The van der Waals surface area contributed by atoms with Gasteiger partial charge >= 0.3 is 0 Å². The van der Waals surface area contributed by atoms with E-state index in [4.69, 9.17) is 5.26 Å². The first-order valence-corrected chi connectivity index (χ1v) is 6.25. The van der Waals surface area contributed by atoms with Crippen molar-refractivity contribution in [1.29, 1.82) is 5.26 Å². The van der Waals surface area contributed by atoms with Gasteiger partial charge in [-0.25, -0.2) is 0 Å².